The number of hydrogen-bond acceptors (Lipinski definition) is 5. The van der Waals surface area contributed by atoms with Crippen molar-refractivity contribution < 1.29 is 4.74 Å². The third-order valence-electron chi connectivity index (χ3n) is 5.12. The molecular formula is C16H24N6O. The number of aryl methyl sites for hydroxylation is 1. The molecule has 7 nitrogen and oxygen atoms in total. The van der Waals surface area contributed by atoms with Crippen molar-refractivity contribution in [1.82, 2.24) is 25.0 Å². The Labute approximate surface area is 135 Å². The standard InChI is InChI=1S/C16H24N6O/c1-10-14(8-18-20-10)15-19-16(11-2-4-12(17)5-3-11)22(21-15)13-6-7-23-9-13/h8,11-13H,2-7,9,17H2,1H3,(H,18,20). The van der Waals surface area contributed by atoms with Crippen LogP contribution in [0.5, 0.6) is 0 Å². The quantitative estimate of drug-likeness (QED) is 0.902. The fraction of sp³-hybridized carbons (Fsp3) is 0.688. The molecule has 0 bridgehead atoms. The summed E-state index contributed by atoms with van der Waals surface area (Å²) < 4.78 is 7.69. The maximum atomic E-state index is 6.06. The Balaban J connectivity index is 1.70. The van der Waals surface area contributed by atoms with Gasteiger partial charge in [-0.2, -0.15) is 10.2 Å². The van der Waals surface area contributed by atoms with Gasteiger partial charge in [-0.1, -0.05) is 0 Å². The van der Waals surface area contributed by atoms with Crippen molar-refractivity contribution in [2.45, 2.75) is 57.0 Å². The van der Waals surface area contributed by atoms with E-state index in [2.05, 4.69) is 14.9 Å². The zero-order chi connectivity index (χ0) is 15.8. The second kappa shape index (κ2) is 6.05. The second-order valence-corrected chi connectivity index (χ2v) is 6.78. The minimum atomic E-state index is 0.300. The van der Waals surface area contributed by atoms with Gasteiger partial charge in [0, 0.05) is 24.3 Å². The lowest BCUT2D eigenvalue weighted by Gasteiger charge is -2.26. The first-order chi connectivity index (χ1) is 11.2. The van der Waals surface area contributed by atoms with E-state index < -0.39 is 0 Å². The lowest BCUT2D eigenvalue weighted by molar-refractivity contribution is 0.183. The predicted molar refractivity (Wildman–Crippen MR) is 86.0 cm³/mol. The average molecular weight is 316 g/mol. The van der Waals surface area contributed by atoms with E-state index in [9.17, 15) is 0 Å². The van der Waals surface area contributed by atoms with Crippen LogP contribution in [0, 0.1) is 6.92 Å². The van der Waals surface area contributed by atoms with E-state index in [1.54, 1.807) is 6.20 Å². The molecule has 4 rings (SSSR count). The molecule has 2 aromatic rings. The van der Waals surface area contributed by atoms with Gasteiger partial charge in [-0.05, 0) is 39.0 Å². The number of nitrogens with two attached hydrogens (primary N) is 1. The van der Waals surface area contributed by atoms with Crippen molar-refractivity contribution in [3.05, 3.63) is 17.7 Å². The Bertz CT molecular complexity index is 664. The van der Waals surface area contributed by atoms with Crippen LogP contribution in [0.1, 0.15) is 55.6 Å². The van der Waals surface area contributed by atoms with Crippen LogP contribution in [0.4, 0.5) is 0 Å². The molecule has 1 atom stereocenters. The van der Waals surface area contributed by atoms with E-state index in [1.807, 2.05) is 6.92 Å². The number of aromatic nitrogens is 5. The highest BCUT2D eigenvalue weighted by Crippen LogP contribution is 2.35. The van der Waals surface area contributed by atoms with Crippen molar-refractivity contribution in [3.63, 3.8) is 0 Å². The Kier molecular flexibility index (Phi) is 3.90. The molecule has 124 valence electrons. The molecule has 3 heterocycles. The van der Waals surface area contributed by atoms with Gasteiger partial charge in [-0.3, -0.25) is 5.10 Å². The lowest BCUT2D eigenvalue weighted by Crippen LogP contribution is -2.27. The van der Waals surface area contributed by atoms with Crippen molar-refractivity contribution in [3.8, 4) is 11.4 Å². The normalized spacial score (nSPS) is 28.3. The molecule has 0 spiro atoms. The minimum absolute atomic E-state index is 0.300. The number of nitrogens with one attached hydrogen (secondary N) is 1. The van der Waals surface area contributed by atoms with Gasteiger partial charge in [0.25, 0.3) is 0 Å². The third-order valence-corrected chi connectivity index (χ3v) is 5.12. The van der Waals surface area contributed by atoms with Crippen LogP contribution in [-0.4, -0.2) is 44.2 Å². The van der Waals surface area contributed by atoms with Crippen LogP contribution in [0.2, 0.25) is 0 Å². The molecule has 1 saturated heterocycles. The molecule has 1 saturated carbocycles. The third kappa shape index (κ3) is 2.79. The Morgan fingerprint density at radius 2 is 2.09 bits per heavy atom. The first kappa shape index (κ1) is 14.8. The number of nitrogens with zero attached hydrogens (tertiary/aromatic N) is 4. The number of hydrogen-bond donors (Lipinski definition) is 2. The Morgan fingerprint density at radius 1 is 1.26 bits per heavy atom. The topological polar surface area (TPSA) is 94.6 Å². The van der Waals surface area contributed by atoms with Crippen LogP contribution in [-0.2, 0) is 4.74 Å². The van der Waals surface area contributed by atoms with Crippen LogP contribution >= 0.6 is 0 Å². The lowest BCUT2D eigenvalue weighted by atomic mass is 9.86. The summed E-state index contributed by atoms with van der Waals surface area (Å²) in [7, 11) is 0. The van der Waals surface area contributed by atoms with E-state index in [-0.39, 0.29) is 0 Å². The monoisotopic (exact) mass is 316 g/mol. The average Bonchev–Trinajstić information content (AvgIpc) is 3.27. The minimum Gasteiger partial charge on any atom is -0.379 e. The molecule has 7 heteroatoms. The van der Waals surface area contributed by atoms with Crippen molar-refractivity contribution in [1.29, 1.82) is 0 Å². The zero-order valence-electron chi connectivity index (χ0n) is 13.5. The summed E-state index contributed by atoms with van der Waals surface area (Å²) in [6.07, 6.45) is 7.14. The van der Waals surface area contributed by atoms with Gasteiger partial charge in [-0.25, -0.2) is 9.67 Å². The summed E-state index contributed by atoms with van der Waals surface area (Å²) in [5.41, 5.74) is 8.05. The fourth-order valence-electron chi connectivity index (χ4n) is 3.67. The molecule has 2 aromatic heterocycles. The molecule has 0 radical (unpaired) electrons. The first-order valence-electron chi connectivity index (χ1n) is 8.52. The second-order valence-electron chi connectivity index (χ2n) is 6.78. The SMILES string of the molecule is Cc1[nH]ncc1-c1nc(C2CCC(N)CC2)n(C2CCOC2)n1. The van der Waals surface area contributed by atoms with Gasteiger partial charge >= 0.3 is 0 Å². The molecule has 2 aliphatic rings. The van der Waals surface area contributed by atoms with Gasteiger partial charge in [-0.15, -0.1) is 0 Å². The number of H-pyrrole nitrogens is 1. The van der Waals surface area contributed by atoms with Crippen molar-refractivity contribution >= 4 is 0 Å². The van der Waals surface area contributed by atoms with Crippen molar-refractivity contribution in [2.24, 2.45) is 5.73 Å². The maximum Gasteiger partial charge on any atom is 0.184 e. The molecule has 23 heavy (non-hydrogen) atoms. The van der Waals surface area contributed by atoms with Crippen LogP contribution in [0.15, 0.2) is 6.20 Å². The Morgan fingerprint density at radius 3 is 2.74 bits per heavy atom. The number of rotatable bonds is 3. The summed E-state index contributed by atoms with van der Waals surface area (Å²) in [6.45, 7) is 3.53. The first-order valence-corrected chi connectivity index (χ1v) is 8.52. The molecule has 0 aromatic carbocycles. The summed E-state index contributed by atoms with van der Waals surface area (Å²) in [6, 6.07) is 0.641. The molecule has 1 aliphatic carbocycles. The molecule has 0 amide bonds. The zero-order valence-corrected chi connectivity index (χ0v) is 13.5. The van der Waals surface area contributed by atoms with Crippen LogP contribution in [0.3, 0.4) is 0 Å². The summed E-state index contributed by atoms with van der Waals surface area (Å²) in [5.74, 6) is 2.32. The van der Waals surface area contributed by atoms with E-state index in [4.69, 9.17) is 20.6 Å². The highest BCUT2D eigenvalue weighted by molar-refractivity contribution is 5.56. The van der Waals surface area contributed by atoms with E-state index in [0.717, 1.165) is 68.2 Å². The summed E-state index contributed by atoms with van der Waals surface area (Å²) in [4.78, 5) is 4.90. The van der Waals surface area contributed by atoms with E-state index >= 15 is 0 Å². The van der Waals surface area contributed by atoms with Crippen LogP contribution in [0.25, 0.3) is 11.4 Å². The summed E-state index contributed by atoms with van der Waals surface area (Å²) in [5, 5.41) is 11.9. The number of aromatic amines is 1. The highest BCUT2D eigenvalue weighted by atomic mass is 16.5. The highest BCUT2D eigenvalue weighted by Gasteiger charge is 2.30. The van der Waals surface area contributed by atoms with Crippen LogP contribution < -0.4 is 5.73 Å². The van der Waals surface area contributed by atoms with E-state index in [1.165, 1.54) is 0 Å². The van der Waals surface area contributed by atoms with Crippen molar-refractivity contribution in [2.75, 3.05) is 13.2 Å². The molecule has 1 unspecified atom stereocenters. The smallest absolute Gasteiger partial charge is 0.184 e. The van der Waals surface area contributed by atoms with Gasteiger partial charge in [0.2, 0.25) is 0 Å². The van der Waals surface area contributed by atoms with Gasteiger partial charge in [0.1, 0.15) is 5.82 Å². The fourth-order valence-corrected chi connectivity index (χ4v) is 3.67. The molecule has 2 fully saturated rings. The van der Waals surface area contributed by atoms with Gasteiger partial charge < -0.3 is 10.5 Å². The maximum absolute atomic E-state index is 6.06. The molecule has 1 aliphatic heterocycles. The van der Waals surface area contributed by atoms with Gasteiger partial charge in [0.05, 0.1) is 24.4 Å². The molecule has 3 N–H and O–H groups in total. The summed E-state index contributed by atoms with van der Waals surface area (Å²) >= 11 is 0. The number of ether oxygens (including phenoxy) is 1. The van der Waals surface area contributed by atoms with E-state index in [0.29, 0.717) is 18.0 Å². The van der Waals surface area contributed by atoms with Gasteiger partial charge in [0.15, 0.2) is 5.82 Å². The Hall–Kier alpha value is -1.73. The molecular weight excluding hydrogens is 292 g/mol. The predicted octanol–water partition coefficient (Wildman–Crippen LogP) is 1.92. The largest absolute Gasteiger partial charge is 0.379 e.